The molecule has 8 heavy (non-hydrogen) atoms. The Balaban J connectivity index is 2.44. The van der Waals surface area contributed by atoms with Crippen molar-refractivity contribution in [1.82, 2.24) is 0 Å². The average molecular weight is 112 g/mol. The molecule has 2 nitrogen and oxygen atoms in total. The molecule has 0 saturated heterocycles. The zero-order valence-corrected chi connectivity index (χ0v) is 5.46. The van der Waals surface area contributed by atoms with Crippen LogP contribution in [0, 0.1) is 11.8 Å². The van der Waals surface area contributed by atoms with Gasteiger partial charge in [0.1, 0.15) is 0 Å². The first-order chi connectivity index (χ1) is 3.80. The Morgan fingerprint density at radius 2 is 1.38 bits per heavy atom. The van der Waals surface area contributed by atoms with Crippen LogP contribution in [0.1, 0.15) is 13.8 Å². The summed E-state index contributed by atoms with van der Waals surface area (Å²) in [4.78, 5) is 0. The molecule has 1 aliphatic heterocycles. The van der Waals surface area contributed by atoms with E-state index < -0.39 is 0 Å². The van der Waals surface area contributed by atoms with Crippen LogP contribution in [0.3, 0.4) is 0 Å². The summed E-state index contributed by atoms with van der Waals surface area (Å²) in [6.07, 6.45) is 0. The molecule has 0 aromatic carbocycles. The van der Waals surface area contributed by atoms with Crippen LogP contribution in [0.25, 0.3) is 0 Å². The van der Waals surface area contributed by atoms with Crippen LogP contribution in [0.15, 0.2) is 10.2 Å². The van der Waals surface area contributed by atoms with E-state index >= 15 is 0 Å². The molecule has 0 fully saturated rings. The molecule has 2 unspecified atom stereocenters. The van der Waals surface area contributed by atoms with E-state index in [9.17, 15) is 0 Å². The minimum Gasteiger partial charge on any atom is -0.194 e. The average Bonchev–Trinajstić information content (AvgIpc) is 1.77. The number of rotatable bonds is 0. The number of azo groups is 1. The summed E-state index contributed by atoms with van der Waals surface area (Å²) in [5.74, 6) is 1.49. The lowest BCUT2D eigenvalue weighted by atomic mass is 9.96. The first-order valence-electron chi connectivity index (χ1n) is 3.14. The van der Waals surface area contributed by atoms with Gasteiger partial charge in [-0.15, -0.1) is 0 Å². The maximum Gasteiger partial charge on any atom is 0.0627 e. The van der Waals surface area contributed by atoms with Crippen LogP contribution in [0.5, 0.6) is 0 Å². The van der Waals surface area contributed by atoms with E-state index in [4.69, 9.17) is 0 Å². The lowest BCUT2D eigenvalue weighted by molar-refractivity contribution is 0.363. The van der Waals surface area contributed by atoms with Gasteiger partial charge < -0.3 is 0 Å². The minimum absolute atomic E-state index is 0.743. The van der Waals surface area contributed by atoms with Crippen molar-refractivity contribution in [3.05, 3.63) is 0 Å². The molecule has 46 valence electrons. The van der Waals surface area contributed by atoms with Gasteiger partial charge in [-0.25, -0.2) is 0 Å². The van der Waals surface area contributed by atoms with Crippen molar-refractivity contribution in [2.24, 2.45) is 22.1 Å². The van der Waals surface area contributed by atoms with Crippen LogP contribution in [0.4, 0.5) is 0 Å². The molecule has 2 heteroatoms. The van der Waals surface area contributed by atoms with Gasteiger partial charge in [0.05, 0.1) is 13.1 Å². The molecule has 0 aromatic heterocycles. The Morgan fingerprint density at radius 1 is 1.00 bits per heavy atom. The fourth-order valence-electron chi connectivity index (χ4n) is 0.733. The second kappa shape index (κ2) is 2.25. The first kappa shape index (κ1) is 5.73. The van der Waals surface area contributed by atoms with Gasteiger partial charge in [0, 0.05) is 0 Å². The normalized spacial score (nSPS) is 37.8. The van der Waals surface area contributed by atoms with Crippen LogP contribution >= 0.6 is 0 Å². The maximum absolute atomic E-state index is 3.93. The van der Waals surface area contributed by atoms with Crippen molar-refractivity contribution in [1.29, 1.82) is 0 Å². The lowest BCUT2D eigenvalue weighted by Crippen LogP contribution is -2.17. The Bertz CT molecular complexity index is 86.7. The highest BCUT2D eigenvalue weighted by Crippen LogP contribution is 2.15. The second-order valence-electron chi connectivity index (χ2n) is 2.60. The summed E-state index contributed by atoms with van der Waals surface area (Å²) in [6.45, 7) is 6.31. The van der Waals surface area contributed by atoms with Crippen LogP contribution < -0.4 is 0 Å². The quantitative estimate of drug-likeness (QED) is 0.456. The van der Waals surface area contributed by atoms with E-state index in [1.54, 1.807) is 0 Å². The first-order valence-corrected chi connectivity index (χ1v) is 3.14. The van der Waals surface area contributed by atoms with Gasteiger partial charge in [0.2, 0.25) is 0 Å². The number of hydrogen-bond donors (Lipinski definition) is 0. The third kappa shape index (κ3) is 1.05. The van der Waals surface area contributed by atoms with Gasteiger partial charge in [0.25, 0.3) is 0 Å². The summed E-state index contributed by atoms with van der Waals surface area (Å²) < 4.78 is 0. The third-order valence-corrected chi connectivity index (χ3v) is 1.81. The molecule has 0 N–H and O–H groups in total. The lowest BCUT2D eigenvalue weighted by Gasteiger charge is -2.18. The molecule has 0 amide bonds. The summed E-state index contributed by atoms with van der Waals surface area (Å²) >= 11 is 0. The highest BCUT2D eigenvalue weighted by molar-refractivity contribution is 4.68. The van der Waals surface area contributed by atoms with Crippen LogP contribution in [-0.2, 0) is 0 Å². The van der Waals surface area contributed by atoms with Crippen LogP contribution in [0.2, 0.25) is 0 Å². The van der Waals surface area contributed by atoms with E-state index in [2.05, 4.69) is 24.1 Å². The molecule has 2 atom stereocenters. The van der Waals surface area contributed by atoms with E-state index in [1.165, 1.54) is 0 Å². The highest BCUT2D eigenvalue weighted by Gasteiger charge is 2.13. The van der Waals surface area contributed by atoms with E-state index in [-0.39, 0.29) is 0 Å². The highest BCUT2D eigenvalue weighted by atomic mass is 15.1. The maximum atomic E-state index is 3.93. The Hall–Kier alpha value is -0.400. The fourth-order valence-corrected chi connectivity index (χ4v) is 0.733. The summed E-state index contributed by atoms with van der Waals surface area (Å²) in [5.41, 5.74) is 0. The van der Waals surface area contributed by atoms with Crippen molar-refractivity contribution < 1.29 is 0 Å². The van der Waals surface area contributed by atoms with Gasteiger partial charge in [-0.1, -0.05) is 13.8 Å². The standard InChI is InChI=1S/C6H12N2/c1-5-3-7-8-4-6(5)2/h5-6H,3-4H2,1-2H3. The van der Waals surface area contributed by atoms with Crippen molar-refractivity contribution in [3.8, 4) is 0 Å². The Morgan fingerprint density at radius 3 is 1.62 bits per heavy atom. The molecule has 0 radical (unpaired) electrons. The van der Waals surface area contributed by atoms with Crippen molar-refractivity contribution in [2.45, 2.75) is 13.8 Å². The molecular weight excluding hydrogens is 100 g/mol. The number of hydrogen-bond acceptors (Lipinski definition) is 2. The molecule has 1 aliphatic rings. The van der Waals surface area contributed by atoms with Gasteiger partial charge in [-0.2, -0.15) is 10.2 Å². The molecule has 0 aromatic rings. The van der Waals surface area contributed by atoms with Crippen molar-refractivity contribution in [2.75, 3.05) is 13.1 Å². The number of nitrogens with zero attached hydrogens (tertiary/aromatic N) is 2. The van der Waals surface area contributed by atoms with Gasteiger partial charge >= 0.3 is 0 Å². The molecule has 1 heterocycles. The van der Waals surface area contributed by atoms with Gasteiger partial charge in [0.15, 0.2) is 0 Å². The smallest absolute Gasteiger partial charge is 0.0627 e. The molecule has 0 spiro atoms. The molecular formula is C6H12N2. The largest absolute Gasteiger partial charge is 0.194 e. The summed E-state index contributed by atoms with van der Waals surface area (Å²) in [6, 6.07) is 0. The molecule has 0 aliphatic carbocycles. The summed E-state index contributed by atoms with van der Waals surface area (Å²) in [7, 11) is 0. The van der Waals surface area contributed by atoms with E-state index in [0.717, 1.165) is 24.9 Å². The van der Waals surface area contributed by atoms with Crippen molar-refractivity contribution in [3.63, 3.8) is 0 Å². The second-order valence-corrected chi connectivity index (χ2v) is 2.60. The minimum atomic E-state index is 0.743. The molecule has 0 saturated carbocycles. The zero-order chi connectivity index (χ0) is 5.98. The topological polar surface area (TPSA) is 24.7 Å². The van der Waals surface area contributed by atoms with Gasteiger partial charge in [-0.05, 0) is 11.8 Å². The predicted molar refractivity (Wildman–Crippen MR) is 32.9 cm³/mol. The predicted octanol–water partition coefficient (Wildman–Crippen LogP) is 1.72. The monoisotopic (exact) mass is 112 g/mol. The Labute approximate surface area is 50.0 Å². The van der Waals surface area contributed by atoms with E-state index in [0.29, 0.717) is 0 Å². The zero-order valence-electron chi connectivity index (χ0n) is 5.46. The fraction of sp³-hybridized carbons (Fsp3) is 1.00. The summed E-state index contributed by atoms with van der Waals surface area (Å²) in [5, 5.41) is 7.87. The van der Waals surface area contributed by atoms with Crippen LogP contribution in [-0.4, -0.2) is 13.1 Å². The Kier molecular flexibility index (Phi) is 1.61. The SMILES string of the molecule is CC1CN=NCC1C. The molecule has 0 bridgehead atoms. The van der Waals surface area contributed by atoms with Crippen molar-refractivity contribution >= 4 is 0 Å². The van der Waals surface area contributed by atoms with E-state index in [1.807, 2.05) is 0 Å². The third-order valence-electron chi connectivity index (χ3n) is 1.81. The van der Waals surface area contributed by atoms with Gasteiger partial charge in [-0.3, -0.25) is 0 Å². The molecule has 1 rings (SSSR count).